The number of amides is 2. The van der Waals surface area contributed by atoms with E-state index in [0.29, 0.717) is 6.54 Å². The van der Waals surface area contributed by atoms with Gasteiger partial charge in [-0.2, -0.15) is 0 Å². The number of carbonyl (C=O) groups is 1. The van der Waals surface area contributed by atoms with Crippen molar-refractivity contribution in [1.29, 1.82) is 0 Å². The van der Waals surface area contributed by atoms with Crippen LogP contribution in [0.1, 0.15) is 13.3 Å². The Labute approximate surface area is 97.7 Å². The van der Waals surface area contributed by atoms with E-state index in [4.69, 9.17) is 4.74 Å². The Kier molecular flexibility index (Phi) is 5.55. The van der Waals surface area contributed by atoms with Crippen LogP contribution < -0.4 is 10.6 Å². The molecule has 1 heterocycles. The lowest BCUT2D eigenvalue weighted by Crippen LogP contribution is -2.53. The first-order valence-corrected chi connectivity index (χ1v) is 6.09. The SMILES string of the molecule is CCNC(=O)NCCC[N+]1(C)CCOCC1. The van der Waals surface area contributed by atoms with Gasteiger partial charge in [-0.15, -0.1) is 0 Å². The van der Waals surface area contributed by atoms with Gasteiger partial charge in [0.05, 0.1) is 26.8 Å². The summed E-state index contributed by atoms with van der Waals surface area (Å²) >= 11 is 0. The monoisotopic (exact) mass is 230 g/mol. The summed E-state index contributed by atoms with van der Waals surface area (Å²) in [5, 5.41) is 5.57. The lowest BCUT2D eigenvalue weighted by Gasteiger charge is -2.37. The van der Waals surface area contributed by atoms with Gasteiger partial charge in [0, 0.05) is 19.5 Å². The quantitative estimate of drug-likeness (QED) is 0.522. The van der Waals surface area contributed by atoms with Crippen molar-refractivity contribution in [1.82, 2.24) is 10.6 Å². The van der Waals surface area contributed by atoms with Crippen LogP contribution in [0.3, 0.4) is 0 Å². The Hall–Kier alpha value is -0.810. The molecule has 5 heteroatoms. The molecule has 1 saturated heterocycles. The average molecular weight is 230 g/mol. The van der Waals surface area contributed by atoms with Crippen LogP contribution in [-0.4, -0.2) is 63.5 Å². The van der Waals surface area contributed by atoms with Crippen molar-refractivity contribution in [2.75, 3.05) is 53.0 Å². The Morgan fingerprint density at radius 1 is 1.31 bits per heavy atom. The fourth-order valence-electron chi connectivity index (χ4n) is 1.89. The van der Waals surface area contributed by atoms with Crippen molar-refractivity contribution in [3.63, 3.8) is 0 Å². The lowest BCUT2D eigenvalue weighted by molar-refractivity contribution is -0.916. The van der Waals surface area contributed by atoms with Crippen LogP contribution in [0.5, 0.6) is 0 Å². The van der Waals surface area contributed by atoms with E-state index in [1.807, 2.05) is 6.92 Å². The van der Waals surface area contributed by atoms with Crippen LogP contribution in [0, 0.1) is 0 Å². The summed E-state index contributed by atoms with van der Waals surface area (Å²) in [6.45, 7) is 8.34. The van der Waals surface area contributed by atoms with E-state index < -0.39 is 0 Å². The summed E-state index contributed by atoms with van der Waals surface area (Å²) in [6.07, 6.45) is 1.02. The minimum Gasteiger partial charge on any atom is -0.370 e. The number of ether oxygens (including phenoxy) is 1. The molecule has 0 aliphatic carbocycles. The number of morpholine rings is 1. The molecule has 1 aliphatic heterocycles. The smallest absolute Gasteiger partial charge is 0.314 e. The molecule has 0 spiro atoms. The minimum absolute atomic E-state index is 0.0628. The zero-order chi connectivity index (χ0) is 11.9. The second-order valence-corrected chi connectivity index (χ2v) is 4.54. The molecule has 2 N–H and O–H groups in total. The molecule has 0 atom stereocenters. The van der Waals surface area contributed by atoms with Gasteiger partial charge in [-0.3, -0.25) is 0 Å². The molecular formula is C11H24N3O2+. The summed E-state index contributed by atoms with van der Waals surface area (Å²) < 4.78 is 6.41. The van der Waals surface area contributed by atoms with E-state index in [-0.39, 0.29) is 6.03 Å². The average Bonchev–Trinajstić information content (AvgIpc) is 2.26. The first-order chi connectivity index (χ1) is 7.66. The predicted octanol–water partition coefficient (Wildman–Crippen LogP) is 0.172. The third-order valence-electron chi connectivity index (χ3n) is 3.05. The first-order valence-electron chi connectivity index (χ1n) is 6.09. The third kappa shape index (κ3) is 4.81. The number of likely N-dealkylation sites (N-methyl/N-ethyl adjacent to an activating group) is 1. The first kappa shape index (κ1) is 13.3. The molecule has 94 valence electrons. The highest BCUT2D eigenvalue weighted by Gasteiger charge is 2.24. The lowest BCUT2D eigenvalue weighted by atomic mass is 10.3. The molecule has 0 radical (unpaired) electrons. The molecule has 0 aromatic heterocycles. The van der Waals surface area contributed by atoms with E-state index >= 15 is 0 Å². The molecular weight excluding hydrogens is 206 g/mol. The van der Waals surface area contributed by atoms with Gasteiger partial charge >= 0.3 is 6.03 Å². The van der Waals surface area contributed by atoms with E-state index in [1.165, 1.54) is 0 Å². The maximum Gasteiger partial charge on any atom is 0.314 e. The largest absolute Gasteiger partial charge is 0.370 e. The van der Waals surface area contributed by atoms with Gasteiger partial charge in [0.1, 0.15) is 13.1 Å². The van der Waals surface area contributed by atoms with Crippen molar-refractivity contribution >= 4 is 6.03 Å². The number of quaternary nitrogens is 1. The van der Waals surface area contributed by atoms with Crippen molar-refractivity contribution in [3.05, 3.63) is 0 Å². The molecule has 5 nitrogen and oxygen atoms in total. The second-order valence-electron chi connectivity index (χ2n) is 4.54. The highest BCUT2D eigenvalue weighted by atomic mass is 16.5. The molecule has 16 heavy (non-hydrogen) atoms. The van der Waals surface area contributed by atoms with Crippen molar-refractivity contribution < 1.29 is 14.0 Å². The molecule has 1 fully saturated rings. The molecule has 1 aliphatic rings. The molecule has 0 saturated carbocycles. The number of carbonyl (C=O) groups excluding carboxylic acids is 1. The summed E-state index contributed by atoms with van der Waals surface area (Å²) in [5.74, 6) is 0. The van der Waals surface area contributed by atoms with Crippen molar-refractivity contribution in [2.24, 2.45) is 0 Å². The maximum absolute atomic E-state index is 11.1. The summed E-state index contributed by atoms with van der Waals surface area (Å²) in [6, 6.07) is -0.0628. The van der Waals surface area contributed by atoms with Crippen LogP contribution in [0.4, 0.5) is 4.79 Å². The van der Waals surface area contributed by atoms with E-state index in [1.54, 1.807) is 0 Å². The number of rotatable bonds is 5. The fourth-order valence-corrected chi connectivity index (χ4v) is 1.89. The normalized spacial score (nSPS) is 19.1. The number of hydrogen-bond donors (Lipinski definition) is 2. The molecule has 0 aromatic carbocycles. The molecule has 0 aromatic rings. The molecule has 0 bridgehead atoms. The Balaban J connectivity index is 2.07. The highest BCUT2D eigenvalue weighted by Crippen LogP contribution is 2.07. The van der Waals surface area contributed by atoms with Crippen LogP contribution in [0.2, 0.25) is 0 Å². The molecule has 2 amide bonds. The minimum atomic E-state index is -0.0628. The van der Waals surface area contributed by atoms with Crippen LogP contribution in [0.25, 0.3) is 0 Å². The molecule has 0 unspecified atom stereocenters. The summed E-state index contributed by atoms with van der Waals surface area (Å²) in [4.78, 5) is 11.1. The van der Waals surface area contributed by atoms with E-state index in [2.05, 4.69) is 17.7 Å². The van der Waals surface area contributed by atoms with Crippen molar-refractivity contribution in [2.45, 2.75) is 13.3 Å². The number of hydrogen-bond acceptors (Lipinski definition) is 2. The second kappa shape index (κ2) is 6.70. The Morgan fingerprint density at radius 3 is 2.62 bits per heavy atom. The standard InChI is InChI=1S/C11H23N3O2/c1-3-12-11(15)13-5-4-6-14(2)7-9-16-10-8-14/h3-10H2,1-2H3,(H-,12,13,15)/p+1. The Morgan fingerprint density at radius 2 is 2.00 bits per heavy atom. The zero-order valence-electron chi connectivity index (χ0n) is 10.4. The topological polar surface area (TPSA) is 50.4 Å². The van der Waals surface area contributed by atoms with Gasteiger partial charge in [0.25, 0.3) is 0 Å². The van der Waals surface area contributed by atoms with Gasteiger partial charge in [-0.1, -0.05) is 0 Å². The van der Waals surface area contributed by atoms with Gasteiger partial charge < -0.3 is 19.9 Å². The maximum atomic E-state index is 11.1. The van der Waals surface area contributed by atoms with Gasteiger partial charge in [0.2, 0.25) is 0 Å². The van der Waals surface area contributed by atoms with Crippen LogP contribution in [0.15, 0.2) is 0 Å². The highest BCUT2D eigenvalue weighted by molar-refractivity contribution is 5.73. The number of nitrogens with zero attached hydrogens (tertiary/aromatic N) is 1. The third-order valence-corrected chi connectivity index (χ3v) is 3.05. The van der Waals surface area contributed by atoms with Gasteiger partial charge in [0.15, 0.2) is 0 Å². The van der Waals surface area contributed by atoms with Crippen molar-refractivity contribution in [3.8, 4) is 0 Å². The predicted molar refractivity (Wildman–Crippen MR) is 63.3 cm³/mol. The van der Waals surface area contributed by atoms with E-state index in [9.17, 15) is 4.79 Å². The van der Waals surface area contributed by atoms with Crippen LogP contribution >= 0.6 is 0 Å². The van der Waals surface area contributed by atoms with Crippen LogP contribution in [-0.2, 0) is 4.74 Å². The number of urea groups is 1. The molecule has 1 rings (SSSR count). The fraction of sp³-hybridized carbons (Fsp3) is 0.909. The zero-order valence-corrected chi connectivity index (χ0v) is 10.4. The van der Waals surface area contributed by atoms with Gasteiger partial charge in [-0.25, -0.2) is 4.79 Å². The summed E-state index contributed by atoms with van der Waals surface area (Å²) in [5.41, 5.74) is 0. The number of nitrogens with one attached hydrogen (secondary N) is 2. The van der Waals surface area contributed by atoms with E-state index in [0.717, 1.165) is 50.3 Å². The Bertz CT molecular complexity index is 215. The van der Waals surface area contributed by atoms with Gasteiger partial charge in [-0.05, 0) is 6.92 Å². The summed E-state index contributed by atoms with van der Waals surface area (Å²) in [7, 11) is 2.26.